The van der Waals surface area contributed by atoms with E-state index >= 15 is 0 Å². The fourth-order valence-corrected chi connectivity index (χ4v) is 2.79. The monoisotopic (exact) mass is 272 g/mol. The molecular weight excluding hydrogens is 255 g/mol. The molecule has 0 radical (unpaired) electrons. The molecular formula is C17H17FO2. The van der Waals surface area contributed by atoms with E-state index in [0.29, 0.717) is 17.7 Å². The van der Waals surface area contributed by atoms with Crippen LogP contribution in [0.5, 0.6) is 5.75 Å². The molecule has 0 aromatic heterocycles. The molecule has 104 valence electrons. The molecule has 0 saturated heterocycles. The van der Waals surface area contributed by atoms with E-state index in [9.17, 15) is 9.50 Å². The molecule has 1 unspecified atom stereocenters. The highest BCUT2D eigenvalue weighted by Crippen LogP contribution is 2.41. The van der Waals surface area contributed by atoms with Crippen LogP contribution in [0.4, 0.5) is 4.39 Å². The Kier molecular flexibility index (Phi) is 3.22. The second kappa shape index (κ2) is 4.91. The summed E-state index contributed by atoms with van der Waals surface area (Å²) in [6.45, 7) is 4.07. The topological polar surface area (TPSA) is 29.5 Å². The molecule has 1 aliphatic heterocycles. The van der Waals surface area contributed by atoms with Crippen LogP contribution < -0.4 is 4.74 Å². The Labute approximate surface area is 117 Å². The minimum atomic E-state index is -0.620. The Morgan fingerprint density at radius 3 is 2.60 bits per heavy atom. The fourth-order valence-electron chi connectivity index (χ4n) is 2.79. The number of aliphatic hydroxyl groups is 1. The molecule has 20 heavy (non-hydrogen) atoms. The van der Waals surface area contributed by atoms with Crippen molar-refractivity contribution in [1.29, 1.82) is 0 Å². The zero-order valence-electron chi connectivity index (χ0n) is 11.6. The maximum Gasteiger partial charge on any atom is 0.128 e. The lowest BCUT2D eigenvalue weighted by Gasteiger charge is -2.30. The van der Waals surface area contributed by atoms with Gasteiger partial charge in [-0.25, -0.2) is 4.39 Å². The van der Waals surface area contributed by atoms with E-state index in [0.717, 1.165) is 11.1 Å². The van der Waals surface area contributed by atoms with Crippen molar-refractivity contribution in [2.75, 3.05) is 0 Å². The lowest BCUT2D eigenvalue weighted by atomic mass is 9.92. The van der Waals surface area contributed by atoms with Gasteiger partial charge in [0.05, 0.1) is 6.10 Å². The molecule has 0 fully saturated rings. The largest absolute Gasteiger partial charge is 0.485 e. The van der Waals surface area contributed by atoms with Crippen LogP contribution >= 0.6 is 0 Å². The van der Waals surface area contributed by atoms with Crippen LogP contribution in [0.25, 0.3) is 0 Å². The summed E-state index contributed by atoms with van der Waals surface area (Å²) in [4.78, 5) is 0. The van der Waals surface area contributed by atoms with Gasteiger partial charge in [0.2, 0.25) is 0 Å². The van der Waals surface area contributed by atoms with Crippen LogP contribution in [0.3, 0.4) is 0 Å². The lowest BCUT2D eigenvalue weighted by molar-refractivity contribution is 0.0651. The Balaban J connectivity index is 1.98. The molecule has 2 aromatic carbocycles. The Morgan fingerprint density at radius 1 is 1.10 bits per heavy atom. The lowest BCUT2D eigenvalue weighted by Crippen LogP contribution is -2.20. The molecule has 3 rings (SSSR count). The third-order valence-corrected chi connectivity index (χ3v) is 3.81. The average molecular weight is 272 g/mol. The van der Waals surface area contributed by atoms with Gasteiger partial charge < -0.3 is 9.84 Å². The van der Waals surface area contributed by atoms with Gasteiger partial charge in [-0.05, 0) is 37.1 Å². The summed E-state index contributed by atoms with van der Waals surface area (Å²) in [7, 11) is 0. The van der Waals surface area contributed by atoms with Crippen LogP contribution in [0.15, 0.2) is 36.4 Å². The van der Waals surface area contributed by atoms with Crippen molar-refractivity contribution in [2.45, 2.75) is 32.5 Å². The number of rotatable bonds is 1. The number of benzene rings is 2. The third kappa shape index (κ3) is 2.29. The van der Waals surface area contributed by atoms with Crippen molar-refractivity contribution < 1.29 is 14.2 Å². The number of hydrogen-bond donors (Lipinski definition) is 1. The molecule has 0 amide bonds. The number of halogens is 1. The molecule has 0 bridgehead atoms. The first-order chi connectivity index (χ1) is 9.54. The van der Waals surface area contributed by atoms with E-state index in [-0.39, 0.29) is 11.9 Å². The predicted molar refractivity (Wildman–Crippen MR) is 75.3 cm³/mol. The van der Waals surface area contributed by atoms with Gasteiger partial charge in [-0.1, -0.05) is 23.8 Å². The molecule has 0 aliphatic carbocycles. The van der Waals surface area contributed by atoms with Crippen molar-refractivity contribution >= 4 is 0 Å². The van der Waals surface area contributed by atoms with E-state index in [1.165, 1.54) is 17.7 Å². The molecule has 2 aromatic rings. The highest BCUT2D eigenvalue weighted by Gasteiger charge is 2.29. The molecule has 0 saturated carbocycles. The summed E-state index contributed by atoms with van der Waals surface area (Å²) in [6, 6.07) is 10.4. The van der Waals surface area contributed by atoms with Gasteiger partial charge in [0, 0.05) is 18.1 Å². The molecule has 2 atom stereocenters. The molecule has 1 heterocycles. The number of aryl methyl sites for hydroxylation is 2. The molecule has 2 nitrogen and oxygen atoms in total. The molecule has 3 heteroatoms. The maximum absolute atomic E-state index is 13.3. The summed E-state index contributed by atoms with van der Waals surface area (Å²) in [5.41, 5.74) is 4.02. The van der Waals surface area contributed by atoms with Gasteiger partial charge in [-0.3, -0.25) is 0 Å². The number of fused-ring (bicyclic) bond motifs is 1. The van der Waals surface area contributed by atoms with Crippen molar-refractivity contribution in [2.24, 2.45) is 0 Å². The van der Waals surface area contributed by atoms with E-state index in [4.69, 9.17) is 4.74 Å². The number of hydrogen-bond acceptors (Lipinski definition) is 2. The molecule has 0 spiro atoms. The third-order valence-electron chi connectivity index (χ3n) is 3.81. The predicted octanol–water partition coefficient (Wildman–Crippen LogP) is 4.00. The highest BCUT2D eigenvalue weighted by molar-refractivity contribution is 5.40. The van der Waals surface area contributed by atoms with Gasteiger partial charge in [-0.2, -0.15) is 0 Å². The van der Waals surface area contributed by atoms with Gasteiger partial charge >= 0.3 is 0 Å². The van der Waals surface area contributed by atoms with Crippen molar-refractivity contribution in [3.05, 3.63) is 64.5 Å². The quantitative estimate of drug-likeness (QED) is 0.850. The first-order valence-corrected chi connectivity index (χ1v) is 6.76. The van der Waals surface area contributed by atoms with Crippen LogP contribution in [-0.4, -0.2) is 5.11 Å². The Morgan fingerprint density at radius 2 is 1.85 bits per heavy atom. The minimum Gasteiger partial charge on any atom is -0.485 e. The average Bonchev–Trinajstić information content (AvgIpc) is 2.37. The summed E-state index contributed by atoms with van der Waals surface area (Å²) in [5, 5.41) is 10.2. The zero-order chi connectivity index (χ0) is 14.3. The van der Waals surface area contributed by atoms with Gasteiger partial charge in [0.1, 0.15) is 17.7 Å². The second-order valence-electron chi connectivity index (χ2n) is 5.40. The highest BCUT2D eigenvalue weighted by atomic mass is 19.1. The summed E-state index contributed by atoms with van der Waals surface area (Å²) >= 11 is 0. The molecule has 1 aliphatic rings. The maximum atomic E-state index is 13.3. The fraction of sp³-hybridized carbons (Fsp3) is 0.294. The van der Waals surface area contributed by atoms with Crippen LogP contribution in [0.1, 0.15) is 40.9 Å². The van der Waals surface area contributed by atoms with Gasteiger partial charge in [-0.15, -0.1) is 0 Å². The first-order valence-electron chi connectivity index (χ1n) is 6.76. The Hall–Kier alpha value is -1.87. The van der Waals surface area contributed by atoms with Crippen molar-refractivity contribution in [1.82, 2.24) is 0 Å². The minimum absolute atomic E-state index is 0.236. The Bertz CT molecular complexity index is 651. The van der Waals surface area contributed by atoms with Crippen LogP contribution in [0.2, 0.25) is 0 Å². The smallest absolute Gasteiger partial charge is 0.128 e. The second-order valence-corrected chi connectivity index (χ2v) is 5.40. The SMILES string of the molecule is Cc1ccc(C2C[C@H](O)c3ccc(F)cc3O2)c(C)c1. The van der Waals surface area contributed by atoms with Crippen molar-refractivity contribution in [3.63, 3.8) is 0 Å². The van der Waals surface area contributed by atoms with Crippen molar-refractivity contribution in [3.8, 4) is 5.75 Å². The molecule has 1 N–H and O–H groups in total. The van der Waals surface area contributed by atoms with E-state index < -0.39 is 6.10 Å². The van der Waals surface area contributed by atoms with E-state index in [2.05, 4.69) is 6.07 Å². The number of ether oxygens (including phenoxy) is 1. The summed E-state index contributed by atoms with van der Waals surface area (Å²) < 4.78 is 19.2. The van der Waals surface area contributed by atoms with Gasteiger partial charge in [0.25, 0.3) is 0 Å². The standard InChI is InChI=1S/C17H17FO2/c1-10-3-5-13(11(2)7-10)17-9-15(19)14-6-4-12(18)8-16(14)20-17/h3-8,15,17,19H,9H2,1-2H3/t15-,17?/m0/s1. The van der Waals surface area contributed by atoms with Gasteiger partial charge in [0.15, 0.2) is 0 Å². The zero-order valence-corrected chi connectivity index (χ0v) is 11.6. The summed E-state index contributed by atoms with van der Waals surface area (Å²) in [6.07, 6.45) is -0.368. The summed E-state index contributed by atoms with van der Waals surface area (Å²) in [5.74, 6) is 0.0888. The normalized spacial score (nSPS) is 21.2. The first kappa shape index (κ1) is 13.1. The number of aliphatic hydroxyl groups excluding tert-OH is 1. The van der Waals surface area contributed by atoms with Crippen LogP contribution in [-0.2, 0) is 0 Å². The van der Waals surface area contributed by atoms with E-state index in [1.54, 1.807) is 6.07 Å². The van der Waals surface area contributed by atoms with Crippen LogP contribution in [0, 0.1) is 19.7 Å². The van der Waals surface area contributed by atoms with E-state index in [1.807, 2.05) is 26.0 Å².